The molecule has 3 aromatic rings. The van der Waals surface area contributed by atoms with Gasteiger partial charge in [0.2, 0.25) is 0 Å². The molecule has 3 rings (SSSR count). The maximum absolute atomic E-state index is 12.8. The van der Waals surface area contributed by atoms with Crippen LogP contribution in [0.25, 0.3) is 11.3 Å². The Morgan fingerprint density at radius 1 is 1.24 bits per heavy atom. The third kappa shape index (κ3) is 4.41. The molecule has 0 fully saturated rings. The molecule has 0 spiro atoms. The molecular formula is C17H14F5N5O2. The van der Waals surface area contributed by atoms with Crippen LogP contribution in [0, 0.1) is 0 Å². The van der Waals surface area contributed by atoms with Crippen molar-refractivity contribution in [3.8, 4) is 11.3 Å². The van der Waals surface area contributed by atoms with Crippen molar-refractivity contribution >= 4 is 5.91 Å². The van der Waals surface area contributed by atoms with Crippen LogP contribution in [0.2, 0.25) is 0 Å². The number of pyridine rings is 1. The molecule has 0 saturated carbocycles. The van der Waals surface area contributed by atoms with E-state index in [0.29, 0.717) is 0 Å². The number of aromatic nitrogens is 4. The number of rotatable bonds is 5. The molecule has 0 aromatic carbocycles. The normalized spacial score (nSPS) is 13.0. The van der Waals surface area contributed by atoms with Gasteiger partial charge in [0.1, 0.15) is 22.8 Å². The van der Waals surface area contributed by atoms with Crippen molar-refractivity contribution < 1.29 is 31.3 Å². The Bertz CT molecular complexity index is 1030. The number of nitrogens with zero attached hydrogens (tertiary/aromatic N) is 4. The molecule has 0 aliphatic heterocycles. The second-order valence-electron chi connectivity index (χ2n) is 6.12. The van der Waals surface area contributed by atoms with Gasteiger partial charge >= 0.3 is 6.18 Å². The van der Waals surface area contributed by atoms with Gasteiger partial charge < -0.3 is 9.84 Å². The second-order valence-corrected chi connectivity index (χ2v) is 6.12. The van der Waals surface area contributed by atoms with Gasteiger partial charge in [0.15, 0.2) is 5.76 Å². The molecule has 0 radical (unpaired) electrons. The van der Waals surface area contributed by atoms with Crippen molar-refractivity contribution in [2.45, 2.75) is 25.6 Å². The first-order chi connectivity index (χ1) is 13.6. The van der Waals surface area contributed by atoms with Gasteiger partial charge in [-0.25, -0.2) is 8.78 Å². The molecule has 29 heavy (non-hydrogen) atoms. The highest BCUT2D eigenvalue weighted by atomic mass is 19.4. The number of carbonyl (C=O) groups excluding carboxylic acids is 1. The molecule has 1 amide bonds. The minimum absolute atomic E-state index is 0.0872. The summed E-state index contributed by atoms with van der Waals surface area (Å²) >= 11 is 0. The minimum atomic E-state index is -4.61. The Hall–Kier alpha value is -3.31. The molecule has 0 saturated heterocycles. The summed E-state index contributed by atoms with van der Waals surface area (Å²) in [4.78, 5) is 15.6. The van der Waals surface area contributed by atoms with Gasteiger partial charge in [-0.15, -0.1) is 0 Å². The van der Waals surface area contributed by atoms with Crippen LogP contribution < -0.4 is 5.32 Å². The van der Waals surface area contributed by atoms with Gasteiger partial charge in [-0.1, -0.05) is 5.16 Å². The summed E-state index contributed by atoms with van der Waals surface area (Å²) < 4.78 is 69.9. The van der Waals surface area contributed by atoms with E-state index in [1.165, 1.54) is 19.2 Å². The first-order valence-electron chi connectivity index (χ1n) is 8.19. The fraction of sp³-hybridized carbons (Fsp3) is 0.294. The molecule has 154 valence electrons. The van der Waals surface area contributed by atoms with Crippen molar-refractivity contribution in [3.63, 3.8) is 0 Å². The summed E-state index contributed by atoms with van der Waals surface area (Å²) in [6.45, 7) is 1.54. The molecule has 12 heteroatoms. The summed E-state index contributed by atoms with van der Waals surface area (Å²) in [5.41, 5.74) is -1.45. The second kappa shape index (κ2) is 7.60. The molecular weight excluding hydrogens is 401 g/mol. The lowest BCUT2D eigenvalue weighted by Crippen LogP contribution is -2.28. The number of halogens is 5. The molecule has 3 aromatic heterocycles. The molecule has 0 bridgehead atoms. The van der Waals surface area contributed by atoms with Gasteiger partial charge in [-0.05, 0) is 25.1 Å². The van der Waals surface area contributed by atoms with E-state index in [4.69, 9.17) is 4.52 Å². The van der Waals surface area contributed by atoms with Gasteiger partial charge in [0, 0.05) is 24.9 Å². The number of amides is 1. The van der Waals surface area contributed by atoms with Crippen molar-refractivity contribution in [2.24, 2.45) is 7.05 Å². The Kier molecular flexibility index (Phi) is 5.36. The zero-order chi connectivity index (χ0) is 21.3. The van der Waals surface area contributed by atoms with Crippen molar-refractivity contribution in [1.29, 1.82) is 0 Å². The van der Waals surface area contributed by atoms with Gasteiger partial charge in [-0.3, -0.25) is 14.5 Å². The van der Waals surface area contributed by atoms with Crippen LogP contribution in [-0.4, -0.2) is 25.8 Å². The Morgan fingerprint density at radius 3 is 2.59 bits per heavy atom. The maximum atomic E-state index is 12.8. The average molecular weight is 415 g/mol. The summed E-state index contributed by atoms with van der Waals surface area (Å²) in [7, 11) is 1.35. The SMILES string of the molecule is CC(NC(=O)c1cc(C(F)F)nn1C)c1cc(-c2ccnc(C(F)(F)F)c2)no1. The van der Waals surface area contributed by atoms with Crippen LogP contribution >= 0.6 is 0 Å². The number of alkyl halides is 5. The predicted octanol–water partition coefficient (Wildman–Crippen LogP) is 3.92. The van der Waals surface area contributed by atoms with E-state index < -0.39 is 35.9 Å². The lowest BCUT2D eigenvalue weighted by Gasteiger charge is -2.10. The average Bonchev–Trinajstić information content (AvgIpc) is 3.28. The Morgan fingerprint density at radius 2 is 1.97 bits per heavy atom. The monoisotopic (exact) mass is 415 g/mol. The number of carbonyl (C=O) groups is 1. The van der Waals surface area contributed by atoms with E-state index >= 15 is 0 Å². The van der Waals surface area contributed by atoms with Gasteiger partial charge in [0.25, 0.3) is 12.3 Å². The summed E-state index contributed by atoms with van der Waals surface area (Å²) in [6.07, 6.45) is -6.43. The topological polar surface area (TPSA) is 85.8 Å². The van der Waals surface area contributed by atoms with E-state index in [1.807, 2.05) is 0 Å². The highest BCUT2D eigenvalue weighted by Gasteiger charge is 2.32. The zero-order valence-corrected chi connectivity index (χ0v) is 15.0. The highest BCUT2D eigenvalue weighted by Crippen LogP contribution is 2.31. The summed E-state index contributed by atoms with van der Waals surface area (Å²) in [5, 5.41) is 9.81. The molecule has 1 unspecified atom stereocenters. The molecule has 3 heterocycles. The smallest absolute Gasteiger partial charge is 0.359 e. The van der Waals surface area contributed by atoms with Crippen molar-refractivity contribution in [2.75, 3.05) is 0 Å². The van der Waals surface area contributed by atoms with Crippen LogP contribution in [0.15, 0.2) is 35.0 Å². The molecule has 7 nitrogen and oxygen atoms in total. The van der Waals surface area contributed by atoms with E-state index in [0.717, 1.165) is 23.0 Å². The van der Waals surface area contributed by atoms with Crippen LogP contribution in [0.5, 0.6) is 0 Å². The predicted molar refractivity (Wildman–Crippen MR) is 88.8 cm³/mol. The van der Waals surface area contributed by atoms with Crippen LogP contribution in [-0.2, 0) is 13.2 Å². The third-order valence-electron chi connectivity index (χ3n) is 4.00. The van der Waals surface area contributed by atoms with Crippen LogP contribution in [0.1, 0.15) is 47.0 Å². The first kappa shape index (κ1) is 20.4. The summed E-state index contributed by atoms with van der Waals surface area (Å²) in [6, 6.07) is 3.76. The summed E-state index contributed by atoms with van der Waals surface area (Å²) in [5.74, 6) is -0.518. The van der Waals surface area contributed by atoms with Gasteiger partial charge in [0.05, 0.1) is 6.04 Å². The fourth-order valence-electron chi connectivity index (χ4n) is 2.52. The van der Waals surface area contributed by atoms with Gasteiger partial charge in [-0.2, -0.15) is 18.3 Å². The number of nitrogens with one attached hydrogen (secondary N) is 1. The molecule has 0 aliphatic rings. The fourth-order valence-corrected chi connectivity index (χ4v) is 2.52. The molecule has 0 aliphatic carbocycles. The third-order valence-corrected chi connectivity index (χ3v) is 4.00. The molecule has 1 N–H and O–H groups in total. The Balaban J connectivity index is 1.76. The van der Waals surface area contributed by atoms with E-state index in [2.05, 4.69) is 20.6 Å². The maximum Gasteiger partial charge on any atom is 0.433 e. The zero-order valence-electron chi connectivity index (χ0n) is 15.0. The largest absolute Gasteiger partial charge is 0.433 e. The lowest BCUT2D eigenvalue weighted by atomic mass is 10.1. The lowest BCUT2D eigenvalue weighted by molar-refractivity contribution is -0.141. The van der Waals surface area contributed by atoms with Crippen molar-refractivity contribution in [1.82, 2.24) is 25.2 Å². The Labute approximate surface area is 160 Å². The highest BCUT2D eigenvalue weighted by molar-refractivity contribution is 5.92. The van der Waals surface area contributed by atoms with Crippen molar-refractivity contribution in [3.05, 3.63) is 53.3 Å². The number of hydrogen-bond acceptors (Lipinski definition) is 5. The quantitative estimate of drug-likeness (QED) is 0.639. The minimum Gasteiger partial charge on any atom is -0.359 e. The number of hydrogen-bond donors (Lipinski definition) is 1. The van der Waals surface area contributed by atoms with E-state index in [-0.39, 0.29) is 22.7 Å². The van der Waals surface area contributed by atoms with E-state index in [1.54, 1.807) is 6.92 Å². The number of aryl methyl sites for hydroxylation is 1. The van der Waals surface area contributed by atoms with Crippen LogP contribution in [0.3, 0.4) is 0 Å². The van der Waals surface area contributed by atoms with E-state index in [9.17, 15) is 26.7 Å². The first-order valence-corrected chi connectivity index (χ1v) is 8.19. The van der Waals surface area contributed by atoms with Crippen LogP contribution in [0.4, 0.5) is 22.0 Å². The molecule has 1 atom stereocenters. The standard InChI is InChI=1S/C17H14F5N5O2/c1-8(24-16(28)12-6-11(15(18)19)25-27(12)2)13-7-10(26-29-13)9-3-4-23-14(5-9)17(20,21)22/h3-8,15H,1-2H3,(H,24,28).